The van der Waals surface area contributed by atoms with Gasteiger partial charge in [-0.3, -0.25) is 0 Å². The number of benzene rings is 1. The van der Waals surface area contributed by atoms with Crippen molar-refractivity contribution in [3.05, 3.63) is 35.9 Å². The van der Waals surface area contributed by atoms with Crippen molar-refractivity contribution in [2.75, 3.05) is 21.3 Å². The molecule has 0 radical (unpaired) electrons. The molecule has 0 bridgehead atoms. The molecular weight excluding hydrogens is 315 g/mol. The van der Waals surface area contributed by atoms with Gasteiger partial charge in [-0.2, -0.15) is 17.6 Å². The highest BCUT2D eigenvalue weighted by atomic mass is 28.4. The molecule has 120 valence electrons. The van der Waals surface area contributed by atoms with Crippen molar-refractivity contribution >= 4 is 8.80 Å². The maximum Gasteiger partial charge on any atom is 0.577 e. The smallest absolute Gasteiger partial charge is 0.373 e. The van der Waals surface area contributed by atoms with E-state index in [-0.39, 0.29) is 0 Å². The quantitative estimate of drug-likeness (QED) is 0.568. The molecule has 0 saturated carbocycles. The predicted molar refractivity (Wildman–Crippen MR) is 67.0 cm³/mol. The lowest BCUT2D eigenvalue weighted by Crippen LogP contribution is -2.66. The van der Waals surface area contributed by atoms with E-state index in [2.05, 4.69) is 13.3 Å². The van der Waals surface area contributed by atoms with Crippen LogP contribution in [0.1, 0.15) is 5.56 Å². The average molecular weight is 330 g/mol. The van der Waals surface area contributed by atoms with Gasteiger partial charge in [-0.05, 0) is 0 Å². The zero-order valence-corrected chi connectivity index (χ0v) is 12.6. The lowest BCUT2D eigenvalue weighted by atomic mass is 10.0. The Morgan fingerprint density at radius 2 is 1.33 bits per heavy atom. The molecule has 1 atom stereocenters. The summed E-state index contributed by atoms with van der Waals surface area (Å²) < 4.78 is 83.5. The van der Waals surface area contributed by atoms with Crippen LogP contribution in [0.25, 0.3) is 0 Å². The average Bonchev–Trinajstić information content (AvgIpc) is 2.49. The third kappa shape index (κ3) is 2.96. The Bertz CT molecular complexity index is 445. The van der Waals surface area contributed by atoms with Crippen molar-refractivity contribution in [2.24, 2.45) is 0 Å². The van der Waals surface area contributed by atoms with Crippen molar-refractivity contribution in [1.29, 1.82) is 0 Å². The SMILES string of the molecule is CO[Si](OC)(OC)C(F)(F)C(F)C(F)(F)c1ccccc1. The van der Waals surface area contributed by atoms with Crippen molar-refractivity contribution in [2.45, 2.75) is 17.6 Å². The van der Waals surface area contributed by atoms with Crippen LogP contribution in [0.3, 0.4) is 0 Å². The van der Waals surface area contributed by atoms with Crippen LogP contribution in [0.5, 0.6) is 0 Å². The van der Waals surface area contributed by atoms with Gasteiger partial charge >= 0.3 is 20.3 Å². The highest BCUT2D eigenvalue weighted by Crippen LogP contribution is 2.45. The summed E-state index contributed by atoms with van der Waals surface area (Å²) in [6.45, 7) is 0. The molecule has 9 heteroatoms. The molecular formula is C12H15F5O3Si. The summed E-state index contributed by atoms with van der Waals surface area (Å²) >= 11 is 0. The standard InChI is InChI=1S/C12H15F5O3Si/c1-18-21(19-2,20-3)12(16,17)10(13)11(14,15)9-7-5-4-6-8-9/h4-8,10H,1-3H3. The Morgan fingerprint density at radius 3 is 1.71 bits per heavy atom. The first-order valence-electron chi connectivity index (χ1n) is 5.80. The molecule has 1 rings (SSSR count). The van der Waals surface area contributed by atoms with E-state index in [1.807, 2.05) is 0 Å². The maximum absolute atomic E-state index is 14.2. The monoisotopic (exact) mass is 330 g/mol. The van der Waals surface area contributed by atoms with Gasteiger partial charge in [0.25, 0.3) is 0 Å². The van der Waals surface area contributed by atoms with Crippen LogP contribution in [0.15, 0.2) is 30.3 Å². The summed E-state index contributed by atoms with van der Waals surface area (Å²) in [6.07, 6.45) is -3.86. The van der Waals surface area contributed by atoms with Crippen LogP contribution in [0.4, 0.5) is 22.0 Å². The van der Waals surface area contributed by atoms with Gasteiger partial charge in [0.1, 0.15) is 0 Å². The fraction of sp³-hybridized carbons (Fsp3) is 0.500. The van der Waals surface area contributed by atoms with Crippen LogP contribution in [-0.4, -0.2) is 41.9 Å². The fourth-order valence-electron chi connectivity index (χ4n) is 1.85. The number of hydrogen-bond donors (Lipinski definition) is 0. The van der Waals surface area contributed by atoms with E-state index in [1.54, 1.807) is 0 Å². The molecule has 0 fully saturated rings. The predicted octanol–water partition coefficient (Wildman–Crippen LogP) is 3.17. The van der Waals surface area contributed by atoms with E-state index in [4.69, 9.17) is 0 Å². The van der Waals surface area contributed by atoms with Crippen molar-refractivity contribution in [1.82, 2.24) is 0 Å². The lowest BCUT2D eigenvalue weighted by Gasteiger charge is -2.36. The highest BCUT2D eigenvalue weighted by Gasteiger charge is 2.73. The van der Waals surface area contributed by atoms with Crippen LogP contribution < -0.4 is 0 Å². The van der Waals surface area contributed by atoms with Gasteiger partial charge in [0.2, 0.25) is 6.17 Å². The van der Waals surface area contributed by atoms with E-state index >= 15 is 0 Å². The van der Waals surface area contributed by atoms with Gasteiger partial charge in [0.15, 0.2) is 0 Å². The van der Waals surface area contributed by atoms with E-state index in [0.717, 1.165) is 33.5 Å². The van der Waals surface area contributed by atoms with Gasteiger partial charge in [-0.15, -0.1) is 0 Å². The summed E-state index contributed by atoms with van der Waals surface area (Å²) in [6, 6.07) is 5.52. The minimum absolute atomic E-state index is 0.792. The Hall–Kier alpha value is -1.03. The Balaban J connectivity index is 3.24. The van der Waals surface area contributed by atoms with Gasteiger partial charge in [-0.1, -0.05) is 30.3 Å². The molecule has 1 unspecified atom stereocenters. The maximum atomic E-state index is 14.2. The minimum atomic E-state index is -4.94. The summed E-state index contributed by atoms with van der Waals surface area (Å²) in [7, 11) is -2.56. The van der Waals surface area contributed by atoms with Crippen LogP contribution in [0.2, 0.25) is 0 Å². The summed E-state index contributed by atoms with van der Waals surface area (Å²) in [4.78, 5) is 0. The van der Waals surface area contributed by atoms with Gasteiger partial charge in [-0.25, -0.2) is 4.39 Å². The van der Waals surface area contributed by atoms with E-state index < -0.39 is 32.0 Å². The molecule has 0 aliphatic carbocycles. The largest absolute Gasteiger partial charge is 0.577 e. The van der Waals surface area contributed by atoms with Gasteiger partial charge in [0, 0.05) is 26.9 Å². The second kappa shape index (κ2) is 6.38. The third-order valence-corrected chi connectivity index (χ3v) is 5.69. The van der Waals surface area contributed by atoms with Crippen molar-refractivity contribution in [3.8, 4) is 0 Å². The first kappa shape index (κ1) is 18.0. The Labute approximate surface area is 120 Å². The molecule has 3 nitrogen and oxygen atoms in total. The lowest BCUT2D eigenvalue weighted by molar-refractivity contribution is -0.178. The molecule has 0 aromatic heterocycles. The number of halogens is 5. The third-order valence-electron chi connectivity index (χ3n) is 3.01. The molecule has 1 aromatic rings. The normalized spacial score (nSPS) is 15.0. The molecule has 0 saturated heterocycles. The molecule has 0 spiro atoms. The Kier molecular flexibility index (Phi) is 5.48. The van der Waals surface area contributed by atoms with Crippen LogP contribution >= 0.6 is 0 Å². The zero-order valence-electron chi connectivity index (χ0n) is 11.6. The van der Waals surface area contributed by atoms with E-state index in [1.165, 1.54) is 18.2 Å². The number of rotatable bonds is 7. The number of alkyl halides is 5. The molecule has 21 heavy (non-hydrogen) atoms. The topological polar surface area (TPSA) is 27.7 Å². The number of hydrogen-bond acceptors (Lipinski definition) is 3. The Morgan fingerprint density at radius 1 is 0.905 bits per heavy atom. The molecule has 0 N–H and O–H groups in total. The van der Waals surface area contributed by atoms with E-state index in [0.29, 0.717) is 0 Å². The van der Waals surface area contributed by atoms with Crippen molar-refractivity contribution < 1.29 is 35.2 Å². The minimum Gasteiger partial charge on any atom is -0.373 e. The second-order valence-electron chi connectivity index (χ2n) is 4.14. The van der Waals surface area contributed by atoms with Crippen LogP contribution in [-0.2, 0) is 19.2 Å². The molecule has 1 aromatic carbocycles. The summed E-state index contributed by atoms with van der Waals surface area (Å²) in [5.74, 6) is -4.43. The van der Waals surface area contributed by atoms with Gasteiger partial charge < -0.3 is 13.3 Å². The van der Waals surface area contributed by atoms with E-state index in [9.17, 15) is 22.0 Å². The highest BCUT2D eigenvalue weighted by molar-refractivity contribution is 6.63. The molecule has 0 amide bonds. The first-order chi connectivity index (χ1) is 9.69. The van der Waals surface area contributed by atoms with Crippen LogP contribution in [0, 0.1) is 0 Å². The first-order valence-corrected chi connectivity index (χ1v) is 7.52. The van der Waals surface area contributed by atoms with Gasteiger partial charge in [0.05, 0.1) is 0 Å². The fourth-order valence-corrected chi connectivity index (χ4v) is 3.66. The second-order valence-corrected chi connectivity index (χ2v) is 7.15. The summed E-state index contributed by atoms with van der Waals surface area (Å²) in [5, 5.41) is 0. The molecule has 0 aliphatic heterocycles. The zero-order chi connectivity index (χ0) is 16.3. The van der Waals surface area contributed by atoms with Crippen molar-refractivity contribution in [3.63, 3.8) is 0 Å². The molecule has 0 aliphatic rings. The summed E-state index contributed by atoms with van der Waals surface area (Å²) in [5.41, 5.74) is -5.51. The molecule has 0 heterocycles.